The Balaban J connectivity index is 0.000000330. The number of fused-ring (bicyclic) bond motifs is 6. The lowest BCUT2D eigenvalue weighted by molar-refractivity contribution is -0.302. The number of aliphatic hydroxyl groups excluding tert-OH is 1. The topological polar surface area (TPSA) is 305 Å². The van der Waals surface area contributed by atoms with Crippen molar-refractivity contribution in [3.63, 3.8) is 0 Å². The van der Waals surface area contributed by atoms with Gasteiger partial charge in [-0.3, -0.25) is 28.8 Å². The summed E-state index contributed by atoms with van der Waals surface area (Å²) in [6.07, 6.45) is 11.7. The number of allylic oxidation sites excluding steroid dienone is 6. The molecule has 2 aliphatic carbocycles. The minimum absolute atomic E-state index is 0.0425. The van der Waals surface area contributed by atoms with Crippen LogP contribution in [0.25, 0.3) is 0 Å². The average Bonchev–Trinajstić information content (AvgIpc) is 1.21. The van der Waals surface area contributed by atoms with Crippen molar-refractivity contribution in [2.75, 3.05) is 55.7 Å². The van der Waals surface area contributed by atoms with E-state index in [9.17, 15) is 53.7 Å². The van der Waals surface area contributed by atoms with Gasteiger partial charge in [-0.05, 0) is 209 Å². The zero-order valence-corrected chi connectivity index (χ0v) is 78.6. The van der Waals surface area contributed by atoms with Crippen molar-refractivity contribution in [2.24, 2.45) is 59.2 Å². The molecule has 6 fully saturated rings. The number of alkyl halides is 2. The average molecular weight is 1740 g/mol. The first-order valence-corrected chi connectivity index (χ1v) is 48.2. The molecular formula is C92H150Cl2N2O22Si. The van der Waals surface area contributed by atoms with E-state index < -0.39 is 158 Å². The number of ketones is 4. The Morgan fingerprint density at radius 3 is 1.24 bits per heavy atom. The van der Waals surface area contributed by atoms with Crippen molar-refractivity contribution < 1.29 is 105 Å². The second-order valence-electron chi connectivity index (χ2n) is 38.1. The van der Waals surface area contributed by atoms with E-state index in [-0.39, 0.29) is 121 Å². The number of rotatable bonds is 14. The monoisotopic (exact) mass is 1730 g/mol. The van der Waals surface area contributed by atoms with Crippen molar-refractivity contribution in [1.29, 1.82) is 0 Å². The molecule has 4 bridgehead atoms. The molecule has 2 saturated carbocycles. The van der Waals surface area contributed by atoms with Crippen molar-refractivity contribution in [3.05, 3.63) is 46.6 Å². The fourth-order valence-corrected chi connectivity index (χ4v) is 21.5. The van der Waals surface area contributed by atoms with Gasteiger partial charge < -0.3 is 76.9 Å². The molecule has 0 radical (unpaired) electrons. The molecule has 6 heterocycles. The number of amides is 2. The zero-order chi connectivity index (χ0) is 88.7. The van der Waals surface area contributed by atoms with Gasteiger partial charge in [-0.2, -0.15) is 0 Å². The van der Waals surface area contributed by atoms with Crippen LogP contribution >= 0.6 is 23.2 Å². The molecule has 0 aromatic heterocycles. The maximum atomic E-state index is 14.8. The predicted molar refractivity (Wildman–Crippen MR) is 459 cm³/mol. The van der Waals surface area contributed by atoms with E-state index >= 15 is 0 Å². The molecule has 2 amide bonds. The Morgan fingerprint density at radius 1 is 0.513 bits per heavy atom. The summed E-state index contributed by atoms with van der Waals surface area (Å²) in [6.45, 7) is 34.1. The smallest absolute Gasteiger partial charge is 0.329 e. The van der Waals surface area contributed by atoms with Crippen LogP contribution in [0.2, 0.25) is 18.1 Å². The summed E-state index contributed by atoms with van der Waals surface area (Å²) < 4.78 is 67.7. The number of piperidine rings is 2. The molecule has 0 aromatic rings. The minimum atomic E-state index is -2.51. The van der Waals surface area contributed by atoms with Gasteiger partial charge in [-0.1, -0.05) is 112 Å². The van der Waals surface area contributed by atoms with Crippen molar-refractivity contribution in [1.82, 2.24) is 9.80 Å². The lowest BCUT2D eigenvalue weighted by Gasteiger charge is -2.47. The molecule has 27 heteroatoms. The van der Waals surface area contributed by atoms with E-state index in [4.69, 9.17) is 75.0 Å². The van der Waals surface area contributed by atoms with Gasteiger partial charge in [0.25, 0.3) is 23.4 Å². The van der Waals surface area contributed by atoms with E-state index in [1.54, 1.807) is 49.2 Å². The standard InChI is InChI=1S/C49H82ClNO11Si.C43H68ClNO11/c1-15-35-23-29(2)22-30(3)24-41(58-11)44-42(59-12)26-32(5)49(56,61-44)45(53)46(54)51-21-17-16-18-37(51)47(55)60-43(31(4)25-34-19-20-36(50)40(27-34)57-10)33(6)39(28-38(35)52)62-63(13,14)48(7,8)9;1-10-30-18-24(2)17-25(3)19-36(53-8)39-37(54-9)21-27(5)43(51,56-39)40(48)41(49)45-16-12-11-13-32(45)42(50)55-38(28(6)33(46)23-34(30)47)26(4)20-29-14-15-31(44)35(22-29)52-7/h23,25,30,32-37,39-44,56H,15-22,24,26-28H2,1-14H3;18,20,25,27-33,35-39,46,51H,10-17,19,21-23H2,1-9H3/b29-23+,31-25+;24-18+,26-20+/t30-,32+,33-,34?,35+,36-,37-,39-,40+,41-,42-,43+,44+,49+;25-,27+,28-,29?,30+,31-,32-,33-,35+,36-,37-,38+,39+,43+/m00/s1. The van der Waals surface area contributed by atoms with Crippen LogP contribution in [0, 0.1) is 59.2 Å². The van der Waals surface area contributed by atoms with Gasteiger partial charge in [0.2, 0.25) is 11.6 Å². The van der Waals surface area contributed by atoms with Crippen LogP contribution in [-0.2, 0) is 90.2 Å². The third-order valence-corrected chi connectivity index (χ3v) is 33.4. The van der Waals surface area contributed by atoms with Gasteiger partial charge in [-0.25, -0.2) is 9.59 Å². The first-order valence-electron chi connectivity index (χ1n) is 44.4. The highest BCUT2D eigenvalue weighted by molar-refractivity contribution is 6.74. The zero-order valence-electron chi connectivity index (χ0n) is 76.0. The van der Waals surface area contributed by atoms with E-state index in [0.29, 0.717) is 82.6 Å². The highest BCUT2D eigenvalue weighted by Crippen LogP contribution is 2.45. The summed E-state index contributed by atoms with van der Waals surface area (Å²) in [5, 5.41) is 35.5. The van der Waals surface area contributed by atoms with Crippen LogP contribution in [0.3, 0.4) is 0 Å². The van der Waals surface area contributed by atoms with Crippen LogP contribution in [0.5, 0.6) is 0 Å². The quantitative estimate of drug-likeness (QED) is 0.0478. The Bertz CT molecular complexity index is 3530. The first-order chi connectivity index (χ1) is 55.9. The molecule has 0 spiro atoms. The molecule has 8 aliphatic rings. The second kappa shape index (κ2) is 45.3. The van der Waals surface area contributed by atoms with E-state index in [1.165, 1.54) is 24.0 Å². The van der Waals surface area contributed by atoms with Crippen LogP contribution in [-0.4, -0.2) is 244 Å². The lowest BCUT2D eigenvalue weighted by atomic mass is 9.82. The van der Waals surface area contributed by atoms with Crippen molar-refractivity contribution >= 4 is 78.4 Å². The summed E-state index contributed by atoms with van der Waals surface area (Å²) in [4.78, 5) is 117. The number of cyclic esters (lactones) is 2. The number of halogens is 2. The second-order valence-corrected chi connectivity index (χ2v) is 43.9. The van der Waals surface area contributed by atoms with Gasteiger partial charge in [0.05, 0.1) is 59.6 Å². The molecule has 6 aliphatic heterocycles. The number of Topliss-reactive ketones (excluding diaryl/α,β-unsaturated/α-hetero) is 4. The fourth-order valence-electron chi connectivity index (χ4n) is 19.4. The molecule has 24 nitrogen and oxygen atoms in total. The van der Waals surface area contributed by atoms with Crippen LogP contribution in [0.4, 0.5) is 0 Å². The van der Waals surface area contributed by atoms with Gasteiger partial charge in [0.1, 0.15) is 48.1 Å². The predicted octanol–water partition coefficient (Wildman–Crippen LogP) is 14.5. The highest BCUT2D eigenvalue weighted by Gasteiger charge is 2.59. The van der Waals surface area contributed by atoms with E-state index in [0.717, 1.165) is 42.4 Å². The Morgan fingerprint density at radius 2 is 0.874 bits per heavy atom. The number of aliphatic hydroxyl groups is 3. The molecule has 8 rings (SSSR count). The molecule has 0 aromatic carbocycles. The minimum Gasteiger partial charge on any atom is -0.456 e. The molecule has 3 N–H and O–H groups in total. The van der Waals surface area contributed by atoms with Gasteiger partial charge in [-0.15, -0.1) is 23.2 Å². The Hall–Kier alpha value is -4.16. The molecule has 2 unspecified atom stereocenters. The summed E-state index contributed by atoms with van der Waals surface area (Å²) in [5.41, 5.74) is 3.57. The summed E-state index contributed by atoms with van der Waals surface area (Å²) in [7, 11) is 7.00. The number of hydrogen-bond acceptors (Lipinski definition) is 22. The van der Waals surface area contributed by atoms with Crippen LogP contribution in [0.1, 0.15) is 245 Å². The molecule has 119 heavy (non-hydrogen) atoms. The van der Waals surface area contributed by atoms with Gasteiger partial charge in [0, 0.05) is 104 Å². The number of carbonyl (C=O) groups excluding carboxylic acids is 8. The third kappa shape index (κ3) is 25.6. The number of ether oxygens (including phenoxy) is 10. The summed E-state index contributed by atoms with van der Waals surface area (Å²) >= 11 is 13.2. The number of methoxy groups -OCH3 is 6. The molecular weight excluding hydrogens is 1580 g/mol. The third-order valence-electron chi connectivity index (χ3n) is 27.9. The SMILES string of the molecule is CC[C@@H]1/C=C(\C)C[C@H](C)C[C@H](OC)[C@H]2O[C@@](O)(C(=O)C(=O)N3CCCC[C@H]3C(=O)O[C@H](/C(C)=C/C3CC[C@H](Cl)[C@H](OC)C3)[C@@H](C)[C@@H](O)CC1=O)[C@H](C)C[C@@H]2OC.CC[C@@H]1/C=C(\C)C[C@H](C)C[C@H](OC)[C@H]2O[C@@](O)(C(=O)C(=O)N3CCCC[C@H]3C(=O)O[C@H](/C(C)=C/C3CC[C@H](Cl)[C@H](OC)C3)[C@@H](C)[C@@H](O[Si](C)(C)C(C)(C)C)CC1=O)[C@H](C)C[C@@H]2OC. The largest absolute Gasteiger partial charge is 0.456 e. The summed E-state index contributed by atoms with van der Waals surface area (Å²) in [6, 6.07) is -2.21. The summed E-state index contributed by atoms with van der Waals surface area (Å²) in [5.74, 6) is -14.0. The maximum Gasteiger partial charge on any atom is 0.329 e. The highest BCUT2D eigenvalue weighted by atomic mass is 35.5. The van der Waals surface area contributed by atoms with Crippen molar-refractivity contribution in [2.45, 2.75) is 371 Å². The fraction of sp³-hybridized carbons (Fsp3) is 0.826. The van der Waals surface area contributed by atoms with E-state index in [1.807, 2.05) is 60.6 Å². The molecule has 4 saturated heterocycles. The molecule has 28 atom stereocenters. The first kappa shape index (κ1) is 102. The number of esters is 2. The Labute approximate surface area is 722 Å². The normalized spacial score (nSPS) is 40.1. The van der Waals surface area contributed by atoms with Gasteiger partial charge in [0.15, 0.2) is 8.32 Å². The van der Waals surface area contributed by atoms with Gasteiger partial charge >= 0.3 is 11.9 Å². The van der Waals surface area contributed by atoms with Crippen LogP contribution < -0.4 is 0 Å². The number of carbonyl (C=O) groups is 8. The maximum absolute atomic E-state index is 14.8. The number of hydrogen-bond donors (Lipinski definition) is 3. The van der Waals surface area contributed by atoms with Crippen molar-refractivity contribution in [3.8, 4) is 0 Å². The Kier molecular flexibility index (Phi) is 38.8. The number of nitrogens with zero attached hydrogens (tertiary/aromatic N) is 2. The molecule has 678 valence electrons. The van der Waals surface area contributed by atoms with Crippen LogP contribution in [0.15, 0.2) is 46.6 Å². The van der Waals surface area contributed by atoms with E-state index in [2.05, 4.69) is 59.9 Å². The lowest BCUT2D eigenvalue weighted by Crippen LogP contribution is -2.64.